The molecule has 1 aromatic carbocycles. The molecule has 0 saturated heterocycles. The Hall–Kier alpha value is -2.21. The number of amides is 1. The number of pyridine rings is 1. The van der Waals surface area contributed by atoms with Gasteiger partial charge in [0.05, 0.1) is 11.1 Å². The van der Waals surface area contributed by atoms with E-state index in [1.807, 2.05) is 6.92 Å². The second-order valence-corrected chi connectivity index (χ2v) is 5.06. The van der Waals surface area contributed by atoms with Crippen molar-refractivity contribution >= 4 is 33.5 Å². The Morgan fingerprint density at radius 1 is 1.25 bits per heavy atom. The van der Waals surface area contributed by atoms with Gasteiger partial charge in [0.2, 0.25) is 0 Å². The Labute approximate surface area is 123 Å². The molecule has 1 amide bonds. The molecular weight excluding hydrogens is 324 g/mol. The predicted molar refractivity (Wildman–Crippen MR) is 78.0 cm³/mol. The number of carboxylic acid groups (broad SMARTS) is 1. The maximum absolute atomic E-state index is 12.0. The lowest BCUT2D eigenvalue weighted by atomic mass is 10.2. The van der Waals surface area contributed by atoms with Crippen molar-refractivity contribution in [2.24, 2.45) is 0 Å². The number of rotatable bonds is 3. The summed E-state index contributed by atoms with van der Waals surface area (Å²) in [5, 5.41) is 11.7. The van der Waals surface area contributed by atoms with Gasteiger partial charge in [-0.3, -0.25) is 9.78 Å². The molecule has 102 valence electrons. The summed E-state index contributed by atoms with van der Waals surface area (Å²) in [7, 11) is 0. The van der Waals surface area contributed by atoms with Crippen LogP contribution in [0, 0.1) is 6.92 Å². The number of halogens is 1. The van der Waals surface area contributed by atoms with Crippen LogP contribution in [0.3, 0.4) is 0 Å². The second kappa shape index (κ2) is 5.83. The normalized spacial score (nSPS) is 10.1. The summed E-state index contributed by atoms with van der Waals surface area (Å²) >= 11 is 3.15. The second-order valence-electron chi connectivity index (χ2n) is 4.20. The van der Waals surface area contributed by atoms with Gasteiger partial charge < -0.3 is 10.4 Å². The van der Waals surface area contributed by atoms with E-state index in [1.54, 1.807) is 24.4 Å². The number of carboxylic acids is 1. The minimum Gasteiger partial charge on any atom is -0.478 e. The molecule has 0 spiro atoms. The molecule has 0 saturated carbocycles. The molecule has 1 heterocycles. The van der Waals surface area contributed by atoms with E-state index >= 15 is 0 Å². The monoisotopic (exact) mass is 334 g/mol. The number of hydrogen-bond acceptors (Lipinski definition) is 3. The van der Waals surface area contributed by atoms with Gasteiger partial charge in [0, 0.05) is 22.6 Å². The molecule has 0 atom stereocenters. The van der Waals surface area contributed by atoms with Crippen LogP contribution in [0.15, 0.2) is 41.1 Å². The van der Waals surface area contributed by atoms with Crippen LogP contribution < -0.4 is 5.32 Å². The first-order valence-corrected chi connectivity index (χ1v) is 6.52. The fourth-order valence-corrected chi connectivity index (χ4v) is 2.07. The highest BCUT2D eigenvalue weighted by Gasteiger charge is 2.11. The quantitative estimate of drug-likeness (QED) is 0.903. The number of carbonyl (C=O) groups excluding carboxylic acids is 1. The number of aromatic carboxylic acids is 1. The average molecular weight is 335 g/mol. The molecule has 0 aliphatic heterocycles. The van der Waals surface area contributed by atoms with Gasteiger partial charge >= 0.3 is 5.97 Å². The lowest BCUT2D eigenvalue weighted by Gasteiger charge is -2.07. The molecule has 0 radical (unpaired) electrons. The van der Waals surface area contributed by atoms with E-state index in [2.05, 4.69) is 26.2 Å². The van der Waals surface area contributed by atoms with E-state index in [0.717, 1.165) is 5.56 Å². The topological polar surface area (TPSA) is 79.3 Å². The number of hydrogen-bond donors (Lipinski definition) is 2. The zero-order valence-electron chi connectivity index (χ0n) is 10.6. The van der Waals surface area contributed by atoms with Crippen molar-refractivity contribution in [1.29, 1.82) is 0 Å². The highest BCUT2D eigenvalue weighted by molar-refractivity contribution is 9.10. The third kappa shape index (κ3) is 3.21. The van der Waals surface area contributed by atoms with Crippen molar-refractivity contribution < 1.29 is 14.7 Å². The van der Waals surface area contributed by atoms with E-state index in [1.165, 1.54) is 12.3 Å². The number of nitrogens with zero attached hydrogens (tertiary/aromatic N) is 1. The summed E-state index contributed by atoms with van der Waals surface area (Å²) in [6.45, 7) is 1.84. The smallest absolute Gasteiger partial charge is 0.336 e. The Bertz CT molecular complexity index is 686. The van der Waals surface area contributed by atoms with Crippen LogP contribution in [-0.4, -0.2) is 22.0 Å². The zero-order valence-corrected chi connectivity index (χ0v) is 12.1. The van der Waals surface area contributed by atoms with Crippen molar-refractivity contribution in [3.63, 3.8) is 0 Å². The molecule has 0 unspecified atom stereocenters. The molecule has 2 rings (SSSR count). The van der Waals surface area contributed by atoms with Crippen LogP contribution in [0.4, 0.5) is 5.69 Å². The molecule has 0 fully saturated rings. The van der Waals surface area contributed by atoms with Crippen LogP contribution in [0.2, 0.25) is 0 Å². The average Bonchev–Trinajstić information content (AvgIpc) is 2.40. The summed E-state index contributed by atoms with van der Waals surface area (Å²) < 4.78 is 0.459. The molecule has 5 nitrogen and oxygen atoms in total. The van der Waals surface area contributed by atoms with Crippen LogP contribution in [0.25, 0.3) is 0 Å². The summed E-state index contributed by atoms with van der Waals surface area (Å²) in [6, 6.07) is 6.30. The fraction of sp³-hybridized carbons (Fsp3) is 0.0714. The number of aromatic nitrogens is 1. The lowest BCUT2D eigenvalue weighted by Crippen LogP contribution is -2.13. The zero-order chi connectivity index (χ0) is 14.7. The number of nitrogens with one attached hydrogen (secondary N) is 1. The maximum atomic E-state index is 12.0. The van der Waals surface area contributed by atoms with Crippen LogP contribution in [0.1, 0.15) is 26.3 Å². The summed E-state index contributed by atoms with van der Waals surface area (Å²) in [6.07, 6.45) is 3.11. The minimum atomic E-state index is -1.06. The molecule has 0 aliphatic rings. The highest BCUT2D eigenvalue weighted by atomic mass is 79.9. The Kier molecular flexibility index (Phi) is 4.14. The van der Waals surface area contributed by atoms with Crippen LogP contribution in [0.5, 0.6) is 0 Å². The molecule has 2 aromatic rings. The number of benzene rings is 1. The van der Waals surface area contributed by atoms with Crippen molar-refractivity contribution in [2.45, 2.75) is 6.92 Å². The molecule has 1 aromatic heterocycles. The first-order valence-electron chi connectivity index (χ1n) is 5.73. The molecule has 0 aliphatic carbocycles. The third-order valence-corrected chi connectivity index (χ3v) is 3.28. The third-order valence-electron chi connectivity index (χ3n) is 2.59. The Morgan fingerprint density at radius 3 is 2.65 bits per heavy atom. The first-order chi connectivity index (χ1) is 9.47. The Morgan fingerprint density at radius 2 is 2.00 bits per heavy atom. The molecule has 20 heavy (non-hydrogen) atoms. The van der Waals surface area contributed by atoms with Crippen molar-refractivity contribution in [1.82, 2.24) is 4.98 Å². The van der Waals surface area contributed by atoms with E-state index in [0.29, 0.717) is 15.7 Å². The van der Waals surface area contributed by atoms with Crippen molar-refractivity contribution in [3.8, 4) is 0 Å². The van der Waals surface area contributed by atoms with E-state index < -0.39 is 5.97 Å². The summed E-state index contributed by atoms with van der Waals surface area (Å²) in [5.41, 5.74) is 1.80. The van der Waals surface area contributed by atoms with Crippen LogP contribution in [-0.2, 0) is 0 Å². The molecular formula is C14H11BrN2O3. The van der Waals surface area contributed by atoms with Gasteiger partial charge in [0.25, 0.3) is 5.91 Å². The van der Waals surface area contributed by atoms with Gasteiger partial charge in [0.1, 0.15) is 0 Å². The van der Waals surface area contributed by atoms with E-state index in [4.69, 9.17) is 5.11 Å². The van der Waals surface area contributed by atoms with Gasteiger partial charge in [0.15, 0.2) is 0 Å². The molecule has 2 N–H and O–H groups in total. The largest absolute Gasteiger partial charge is 0.478 e. The molecule has 0 bridgehead atoms. The van der Waals surface area contributed by atoms with Gasteiger partial charge in [-0.05, 0) is 52.7 Å². The maximum Gasteiger partial charge on any atom is 0.336 e. The predicted octanol–water partition coefficient (Wildman–Crippen LogP) is 3.10. The van der Waals surface area contributed by atoms with Gasteiger partial charge in [-0.2, -0.15) is 0 Å². The summed E-state index contributed by atoms with van der Waals surface area (Å²) in [4.78, 5) is 27.0. The molecule has 6 heteroatoms. The number of aryl methyl sites for hydroxylation is 1. The summed E-state index contributed by atoms with van der Waals surface area (Å²) in [5.74, 6) is -1.40. The number of anilines is 1. The fourth-order valence-electron chi connectivity index (χ4n) is 1.65. The SMILES string of the molecule is Cc1cncc(C(=O)Nc2ccc(Br)c(C(=O)O)c2)c1. The van der Waals surface area contributed by atoms with Gasteiger partial charge in [-0.1, -0.05) is 0 Å². The highest BCUT2D eigenvalue weighted by Crippen LogP contribution is 2.21. The Balaban J connectivity index is 2.24. The van der Waals surface area contributed by atoms with E-state index in [9.17, 15) is 9.59 Å². The number of carbonyl (C=O) groups is 2. The van der Waals surface area contributed by atoms with Gasteiger partial charge in [-0.25, -0.2) is 4.79 Å². The van der Waals surface area contributed by atoms with Crippen LogP contribution >= 0.6 is 15.9 Å². The standard InChI is InChI=1S/C14H11BrN2O3/c1-8-4-9(7-16-6-8)13(18)17-10-2-3-12(15)11(5-10)14(19)20/h2-7H,1H3,(H,17,18)(H,19,20). The van der Waals surface area contributed by atoms with Crippen molar-refractivity contribution in [3.05, 3.63) is 57.8 Å². The van der Waals surface area contributed by atoms with Gasteiger partial charge in [-0.15, -0.1) is 0 Å². The minimum absolute atomic E-state index is 0.0881. The first kappa shape index (κ1) is 14.2. The lowest BCUT2D eigenvalue weighted by molar-refractivity contribution is 0.0695. The van der Waals surface area contributed by atoms with Crippen molar-refractivity contribution in [2.75, 3.05) is 5.32 Å². The van der Waals surface area contributed by atoms with E-state index in [-0.39, 0.29) is 11.5 Å².